The Bertz CT molecular complexity index is 391. The molecule has 0 unspecified atom stereocenters. The maximum atomic E-state index is 11.6. The molecular formula is C15H25N3O. The van der Waals surface area contributed by atoms with Crippen LogP contribution in [0.1, 0.15) is 18.4 Å². The van der Waals surface area contributed by atoms with Gasteiger partial charge in [-0.1, -0.05) is 18.2 Å². The molecule has 0 bridgehead atoms. The molecule has 1 aromatic carbocycles. The van der Waals surface area contributed by atoms with Gasteiger partial charge in [-0.2, -0.15) is 0 Å². The first-order valence-corrected chi connectivity index (χ1v) is 6.80. The second-order valence-corrected chi connectivity index (χ2v) is 5.00. The van der Waals surface area contributed by atoms with E-state index < -0.39 is 0 Å². The normalized spacial score (nSPS) is 10.5. The van der Waals surface area contributed by atoms with Crippen molar-refractivity contribution in [1.29, 1.82) is 0 Å². The molecule has 19 heavy (non-hydrogen) atoms. The van der Waals surface area contributed by atoms with E-state index in [1.165, 1.54) is 5.56 Å². The first-order valence-electron chi connectivity index (χ1n) is 6.80. The molecule has 0 saturated carbocycles. The average Bonchev–Trinajstić information content (AvgIpc) is 2.37. The van der Waals surface area contributed by atoms with Crippen molar-refractivity contribution in [1.82, 2.24) is 10.2 Å². The third kappa shape index (κ3) is 6.82. The summed E-state index contributed by atoms with van der Waals surface area (Å²) >= 11 is 0. The number of benzene rings is 1. The maximum Gasteiger partial charge on any atom is 0.221 e. The highest BCUT2D eigenvalue weighted by Gasteiger charge is 2.01. The van der Waals surface area contributed by atoms with E-state index in [9.17, 15) is 4.79 Å². The van der Waals surface area contributed by atoms with Gasteiger partial charge in [-0.15, -0.1) is 0 Å². The van der Waals surface area contributed by atoms with E-state index in [0.29, 0.717) is 13.0 Å². The van der Waals surface area contributed by atoms with Crippen molar-refractivity contribution in [3.05, 3.63) is 29.8 Å². The fourth-order valence-corrected chi connectivity index (χ4v) is 1.79. The van der Waals surface area contributed by atoms with Gasteiger partial charge in [-0.05, 0) is 45.6 Å². The molecule has 1 rings (SSSR count). The third-order valence-corrected chi connectivity index (χ3v) is 2.92. The molecule has 2 N–H and O–H groups in total. The lowest BCUT2D eigenvalue weighted by Gasteiger charge is -2.11. The number of para-hydroxylation sites is 1. The topological polar surface area (TPSA) is 44.4 Å². The molecule has 1 amide bonds. The summed E-state index contributed by atoms with van der Waals surface area (Å²) in [6.45, 7) is 4.48. The van der Waals surface area contributed by atoms with Crippen LogP contribution in [0.2, 0.25) is 0 Å². The number of nitrogens with one attached hydrogen (secondary N) is 2. The van der Waals surface area contributed by atoms with Crippen LogP contribution in [0.3, 0.4) is 0 Å². The van der Waals surface area contributed by atoms with Gasteiger partial charge in [0.2, 0.25) is 5.91 Å². The SMILES string of the molecule is Cc1ccccc1NCCC(=O)NCCCN(C)C. The van der Waals surface area contributed by atoms with Crippen molar-refractivity contribution >= 4 is 11.6 Å². The van der Waals surface area contributed by atoms with E-state index in [0.717, 1.165) is 25.2 Å². The van der Waals surface area contributed by atoms with Crippen LogP contribution < -0.4 is 10.6 Å². The lowest BCUT2D eigenvalue weighted by atomic mass is 10.2. The molecule has 0 saturated heterocycles. The number of amides is 1. The molecule has 4 heteroatoms. The summed E-state index contributed by atoms with van der Waals surface area (Å²) in [7, 11) is 4.07. The van der Waals surface area contributed by atoms with Crippen molar-refractivity contribution in [2.24, 2.45) is 0 Å². The Hall–Kier alpha value is -1.55. The fourth-order valence-electron chi connectivity index (χ4n) is 1.79. The Balaban J connectivity index is 2.12. The van der Waals surface area contributed by atoms with Gasteiger partial charge < -0.3 is 15.5 Å². The van der Waals surface area contributed by atoms with Crippen molar-refractivity contribution < 1.29 is 4.79 Å². The summed E-state index contributed by atoms with van der Waals surface area (Å²) < 4.78 is 0. The highest BCUT2D eigenvalue weighted by molar-refractivity contribution is 5.76. The summed E-state index contributed by atoms with van der Waals surface area (Å²) in [5.74, 6) is 0.111. The number of nitrogens with zero attached hydrogens (tertiary/aromatic N) is 1. The average molecular weight is 263 g/mol. The van der Waals surface area contributed by atoms with Gasteiger partial charge in [0.25, 0.3) is 0 Å². The molecule has 0 aliphatic rings. The van der Waals surface area contributed by atoms with Gasteiger partial charge >= 0.3 is 0 Å². The summed E-state index contributed by atoms with van der Waals surface area (Å²) in [6, 6.07) is 8.10. The number of aryl methyl sites for hydroxylation is 1. The minimum absolute atomic E-state index is 0.111. The van der Waals surface area contributed by atoms with E-state index in [1.54, 1.807) is 0 Å². The second-order valence-electron chi connectivity index (χ2n) is 5.00. The molecule has 0 spiro atoms. The van der Waals surface area contributed by atoms with Gasteiger partial charge in [0.15, 0.2) is 0 Å². The summed E-state index contributed by atoms with van der Waals surface area (Å²) in [4.78, 5) is 13.7. The Morgan fingerprint density at radius 2 is 1.95 bits per heavy atom. The van der Waals surface area contributed by atoms with Crippen LogP contribution in [0.4, 0.5) is 5.69 Å². The molecule has 0 fully saturated rings. The van der Waals surface area contributed by atoms with Gasteiger partial charge in [0.1, 0.15) is 0 Å². The molecule has 1 aromatic rings. The lowest BCUT2D eigenvalue weighted by molar-refractivity contribution is -0.120. The van der Waals surface area contributed by atoms with Gasteiger partial charge in [-0.25, -0.2) is 0 Å². The largest absolute Gasteiger partial charge is 0.384 e. The van der Waals surface area contributed by atoms with Crippen LogP contribution in [-0.2, 0) is 4.79 Å². The number of rotatable bonds is 8. The summed E-state index contributed by atoms with van der Waals surface area (Å²) in [5.41, 5.74) is 2.30. The molecule has 0 radical (unpaired) electrons. The molecule has 0 aliphatic carbocycles. The Kier molecular flexibility index (Phi) is 6.97. The van der Waals surface area contributed by atoms with Crippen molar-refractivity contribution in [2.75, 3.05) is 39.0 Å². The second kappa shape index (κ2) is 8.53. The molecule has 0 aliphatic heterocycles. The van der Waals surface area contributed by atoms with Crippen LogP contribution in [0.5, 0.6) is 0 Å². The zero-order chi connectivity index (χ0) is 14.1. The van der Waals surface area contributed by atoms with Crippen LogP contribution in [-0.4, -0.2) is 44.5 Å². The lowest BCUT2D eigenvalue weighted by Crippen LogP contribution is -2.28. The Morgan fingerprint density at radius 3 is 2.63 bits per heavy atom. The zero-order valence-corrected chi connectivity index (χ0v) is 12.2. The number of anilines is 1. The van der Waals surface area contributed by atoms with Crippen LogP contribution in [0, 0.1) is 6.92 Å². The quantitative estimate of drug-likeness (QED) is 0.704. The standard InChI is InChI=1S/C15H25N3O/c1-13-7-4-5-8-14(13)16-11-9-15(19)17-10-6-12-18(2)3/h4-5,7-8,16H,6,9-12H2,1-3H3,(H,17,19). The number of hydrogen-bond acceptors (Lipinski definition) is 3. The van der Waals surface area contributed by atoms with E-state index in [2.05, 4.69) is 28.5 Å². The van der Waals surface area contributed by atoms with E-state index in [4.69, 9.17) is 0 Å². The van der Waals surface area contributed by atoms with Crippen LogP contribution in [0.25, 0.3) is 0 Å². The number of hydrogen-bond donors (Lipinski definition) is 2. The van der Waals surface area contributed by atoms with E-state index in [1.807, 2.05) is 32.3 Å². The highest BCUT2D eigenvalue weighted by atomic mass is 16.1. The Morgan fingerprint density at radius 1 is 1.21 bits per heavy atom. The predicted octanol–water partition coefficient (Wildman–Crippen LogP) is 1.86. The van der Waals surface area contributed by atoms with E-state index >= 15 is 0 Å². The molecular weight excluding hydrogens is 238 g/mol. The maximum absolute atomic E-state index is 11.6. The van der Waals surface area contributed by atoms with Crippen molar-refractivity contribution in [3.8, 4) is 0 Å². The monoisotopic (exact) mass is 263 g/mol. The zero-order valence-electron chi connectivity index (χ0n) is 12.2. The van der Waals surface area contributed by atoms with Gasteiger partial charge in [0, 0.05) is 25.2 Å². The molecule has 106 valence electrons. The molecule has 0 heterocycles. The summed E-state index contributed by atoms with van der Waals surface area (Å²) in [5, 5.41) is 6.22. The first kappa shape index (κ1) is 15.5. The summed E-state index contributed by atoms with van der Waals surface area (Å²) in [6.07, 6.45) is 1.50. The number of carbonyl (C=O) groups excluding carboxylic acids is 1. The van der Waals surface area contributed by atoms with Crippen molar-refractivity contribution in [3.63, 3.8) is 0 Å². The number of carbonyl (C=O) groups is 1. The minimum Gasteiger partial charge on any atom is -0.384 e. The molecule has 4 nitrogen and oxygen atoms in total. The third-order valence-electron chi connectivity index (χ3n) is 2.92. The van der Waals surface area contributed by atoms with E-state index in [-0.39, 0.29) is 5.91 Å². The van der Waals surface area contributed by atoms with Crippen LogP contribution >= 0.6 is 0 Å². The van der Waals surface area contributed by atoms with Crippen molar-refractivity contribution in [2.45, 2.75) is 19.8 Å². The Labute approximate surface area is 116 Å². The highest BCUT2D eigenvalue weighted by Crippen LogP contribution is 2.12. The first-order chi connectivity index (χ1) is 9.09. The predicted molar refractivity (Wildman–Crippen MR) is 80.5 cm³/mol. The van der Waals surface area contributed by atoms with Gasteiger partial charge in [-0.3, -0.25) is 4.79 Å². The molecule has 0 aromatic heterocycles. The van der Waals surface area contributed by atoms with Gasteiger partial charge in [0.05, 0.1) is 0 Å². The smallest absolute Gasteiger partial charge is 0.221 e. The van der Waals surface area contributed by atoms with Crippen LogP contribution in [0.15, 0.2) is 24.3 Å². The fraction of sp³-hybridized carbons (Fsp3) is 0.533. The molecule has 0 atom stereocenters. The minimum atomic E-state index is 0.111.